The number of likely N-dealkylation sites (tertiary alicyclic amines) is 1. The molecule has 9 heteroatoms. The van der Waals surface area contributed by atoms with E-state index >= 15 is 0 Å². The molecule has 0 N–H and O–H groups in total. The van der Waals surface area contributed by atoms with Crippen LogP contribution in [0, 0.1) is 23.2 Å². The standard InChI is InChI=1S/C25H36F3N3O2S/c1-15(2)31-22(11-21(29-31)16-3-5-17(6-4-16)25(26,27)28)23-19-9-18(10-20(19)23)30-8-7-24(12-30)13-34(32,33)14-24/h11,15-20,23H,3-10,12-14H2,1-2H3/t16?,17?,18?,19-,20+,23?. The number of halogens is 3. The Morgan fingerprint density at radius 1 is 1.09 bits per heavy atom. The first-order valence-electron chi connectivity index (χ1n) is 13.1. The highest BCUT2D eigenvalue weighted by atomic mass is 32.2. The maximum atomic E-state index is 13.1. The van der Waals surface area contributed by atoms with Crippen molar-refractivity contribution >= 4 is 9.84 Å². The highest BCUT2D eigenvalue weighted by Crippen LogP contribution is 2.64. The van der Waals surface area contributed by atoms with Crippen LogP contribution in [0.4, 0.5) is 13.2 Å². The highest BCUT2D eigenvalue weighted by Gasteiger charge is 2.61. The minimum Gasteiger partial charge on any atom is -0.300 e. The number of sulfone groups is 1. The van der Waals surface area contributed by atoms with Crippen molar-refractivity contribution in [1.82, 2.24) is 14.7 Å². The van der Waals surface area contributed by atoms with Gasteiger partial charge in [-0.05, 0) is 83.2 Å². The van der Waals surface area contributed by atoms with Crippen molar-refractivity contribution in [3.8, 4) is 0 Å². The molecule has 5 fully saturated rings. The van der Waals surface area contributed by atoms with Gasteiger partial charge in [-0.3, -0.25) is 9.58 Å². The van der Waals surface area contributed by atoms with Crippen LogP contribution in [0.2, 0.25) is 0 Å². The molecule has 3 aliphatic carbocycles. The summed E-state index contributed by atoms with van der Waals surface area (Å²) in [5.41, 5.74) is 2.32. The zero-order chi connectivity index (χ0) is 24.0. The predicted octanol–water partition coefficient (Wildman–Crippen LogP) is 4.91. The van der Waals surface area contributed by atoms with Crippen LogP contribution in [0.3, 0.4) is 0 Å². The minimum atomic E-state index is -4.07. The summed E-state index contributed by atoms with van der Waals surface area (Å²) in [5.74, 6) is 1.58. The molecular weight excluding hydrogens is 463 g/mol. The normalized spacial score (nSPS) is 38.9. The summed E-state index contributed by atoms with van der Waals surface area (Å²) in [6.45, 7) is 6.24. The number of rotatable bonds is 4. The molecule has 4 atom stereocenters. The van der Waals surface area contributed by atoms with Crippen LogP contribution in [0.15, 0.2) is 6.07 Å². The third kappa shape index (κ3) is 3.93. The van der Waals surface area contributed by atoms with Gasteiger partial charge in [0.1, 0.15) is 0 Å². The Balaban J connectivity index is 1.10. The van der Waals surface area contributed by atoms with Crippen molar-refractivity contribution in [2.75, 3.05) is 24.6 Å². The summed E-state index contributed by atoms with van der Waals surface area (Å²) in [6, 6.07) is 3.04. The fourth-order valence-electron chi connectivity index (χ4n) is 7.96. The van der Waals surface area contributed by atoms with E-state index in [1.54, 1.807) is 0 Å². The second kappa shape index (κ2) is 7.70. The summed E-state index contributed by atoms with van der Waals surface area (Å²) in [4.78, 5) is 2.56. The van der Waals surface area contributed by atoms with Crippen LogP contribution in [0.25, 0.3) is 0 Å². The SMILES string of the molecule is CC(C)n1nc(C2CCC(C(F)(F)F)CC2)cc1C1[C@H]2CC(N3CCC4(C3)CS(=O)(=O)C4)C[C@@H]12. The van der Waals surface area contributed by atoms with E-state index in [1.165, 1.54) is 18.5 Å². The van der Waals surface area contributed by atoms with Gasteiger partial charge in [0.15, 0.2) is 9.84 Å². The summed E-state index contributed by atoms with van der Waals surface area (Å²) in [7, 11) is -2.79. The van der Waals surface area contributed by atoms with Gasteiger partial charge in [-0.15, -0.1) is 0 Å². The van der Waals surface area contributed by atoms with Crippen molar-refractivity contribution in [1.29, 1.82) is 0 Å². The molecule has 5 nitrogen and oxygen atoms in total. The molecule has 2 saturated heterocycles. The van der Waals surface area contributed by atoms with Crippen molar-refractivity contribution in [3.63, 3.8) is 0 Å². The second-order valence-corrected chi connectivity index (χ2v) is 14.4. The maximum Gasteiger partial charge on any atom is 0.391 e. The Bertz CT molecular complexity index is 1030. The molecule has 6 rings (SSSR count). The number of aromatic nitrogens is 2. The smallest absolute Gasteiger partial charge is 0.300 e. The first kappa shape index (κ1) is 23.3. The average molecular weight is 500 g/mol. The molecule has 1 aromatic heterocycles. The Morgan fingerprint density at radius 2 is 1.74 bits per heavy atom. The number of hydrogen-bond acceptors (Lipinski definition) is 4. The van der Waals surface area contributed by atoms with Crippen LogP contribution in [-0.4, -0.2) is 59.9 Å². The number of hydrogen-bond donors (Lipinski definition) is 0. The van der Waals surface area contributed by atoms with Crippen LogP contribution < -0.4 is 0 Å². The van der Waals surface area contributed by atoms with Crippen LogP contribution in [0.5, 0.6) is 0 Å². The average Bonchev–Trinajstić information content (AvgIpc) is 3.18. The van der Waals surface area contributed by atoms with Crippen molar-refractivity contribution < 1.29 is 21.6 Å². The Kier molecular flexibility index (Phi) is 5.28. The molecule has 0 aromatic carbocycles. The van der Waals surface area contributed by atoms with Gasteiger partial charge < -0.3 is 0 Å². The topological polar surface area (TPSA) is 55.2 Å². The van der Waals surface area contributed by atoms with Gasteiger partial charge in [0.2, 0.25) is 0 Å². The summed E-state index contributed by atoms with van der Waals surface area (Å²) in [6.07, 6.45) is 0.870. The minimum absolute atomic E-state index is 0.0291. The number of alkyl halides is 3. The molecule has 5 aliphatic rings. The molecule has 1 spiro atoms. The lowest BCUT2D eigenvalue weighted by Crippen LogP contribution is -2.50. The largest absolute Gasteiger partial charge is 0.391 e. The fraction of sp³-hybridized carbons (Fsp3) is 0.880. The van der Waals surface area contributed by atoms with Gasteiger partial charge in [-0.25, -0.2) is 8.42 Å². The quantitative estimate of drug-likeness (QED) is 0.591. The van der Waals surface area contributed by atoms with Gasteiger partial charge in [0, 0.05) is 41.6 Å². The van der Waals surface area contributed by atoms with Crippen molar-refractivity contribution in [2.45, 2.75) is 88.9 Å². The van der Waals surface area contributed by atoms with E-state index in [-0.39, 0.29) is 30.2 Å². The molecule has 0 amide bonds. The Hall–Kier alpha value is -1.09. The first-order chi connectivity index (χ1) is 15.9. The first-order valence-corrected chi connectivity index (χ1v) is 14.9. The Labute approximate surface area is 200 Å². The molecule has 3 heterocycles. The summed E-state index contributed by atoms with van der Waals surface area (Å²) >= 11 is 0. The zero-order valence-corrected chi connectivity index (χ0v) is 20.9. The third-order valence-electron chi connectivity index (χ3n) is 9.68. The van der Waals surface area contributed by atoms with Crippen molar-refractivity contribution in [3.05, 3.63) is 17.5 Å². The number of fused-ring (bicyclic) bond motifs is 1. The van der Waals surface area contributed by atoms with Gasteiger partial charge in [0.25, 0.3) is 0 Å². The molecule has 34 heavy (non-hydrogen) atoms. The van der Waals surface area contributed by atoms with Gasteiger partial charge in [-0.2, -0.15) is 18.3 Å². The van der Waals surface area contributed by atoms with E-state index in [0.29, 0.717) is 48.1 Å². The fourth-order valence-corrected chi connectivity index (χ4v) is 10.2. The van der Waals surface area contributed by atoms with E-state index in [0.717, 1.165) is 25.2 Å². The molecule has 1 aromatic rings. The van der Waals surface area contributed by atoms with Gasteiger partial charge >= 0.3 is 6.18 Å². The van der Waals surface area contributed by atoms with Crippen LogP contribution >= 0.6 is 0 Å². The second-order valence-electron chi connectivity index (χ2n) is 12.4. The lowest BCUT2D eigenvalue weighted by Gasteiger charge is -2.38. The van der Waals surface area contributed by atoms with E-state index < -0.39 is 21.9 Å². The van der Waals surface area contributed by atoms with E-state index in [1.807, 2.05) is 0 Å². The molecular formula is C25H36F3N3O2S. The Morgan fingerprint density at radius 3 is 2.29 bits per heavy atom. The molecule has 0 bridgehead atoms. The van der Waals surface area contributed by atoms with Crippen LogP contribution in [0.1, 0.15) is 88.1 Å². The summed E-state index contributed by atoms with van der Waals surface area (Å²) < 4.78 is 64.8. The zero-order valence-electron chi connectivity index (χ0n) is 20.1. The molecule has 0 radical (unpaired) electrons. The van der Waals surface area contributed by atoms with Gasteiger partial charge in [0.05, 0.1) is 23.1 Å². The highest BCUT2D eigenvalue weighted by molar-refractivity contribution is 7.92. The number of nitrogens with zero attached hydrogens (tertiary/aromatic N) is 3. The van der Waals surface area contributed by atoms with Crippen LogP contribution in [-0.2, 0) is 9.84 Å². The predicted molar refractivity (Wildman–Crippen MR) is 123 cm³/mol. The van der Waals surface area contributed by atoms with Crippen molar-refractivity contribution in [2.24, 2.45) is 23.2 Å². The lowest BCUT2D eigenvalue weighted by molar-refractivity contribution is -0.182. The molecule has 3 saturated carbocycles. The van der Waals surface area contributed by atoms with E-state index in [2.05, 4.69) is 29.5 Å². The lowest BCUT2D eigenvalue weighted by atomic mass is 9.80. The monoisotopic (exact) mass is 499 g/mol. The molecule has 190 valence electrons. The van der Waals surface area contributed by atoms with Gasteiger partial charge in [-0.1, -0.05) is 0 Å². The third-order valence-corrected chi connectivity index (χ3v) is 11.8. The summed E-state index contributed by atoms with van der Waals surface area (Å²) in [5, 5.41) is 4.93. The maximum absolute atomic E-state index is 13.1. The van der Waals surface area contributed by atoms with E-state index in [4.69, 9.17) is 5.10 Å². The molecule has 2 unspecified atom stereocenters. The van der Waals surface area contributed by atoms with E-state index in [9.17, 15) is 21.6 Å². The molecule has 2 aliphatic heterocycles.